The highest BCUT2D eigenvalue weighted by molar-refractivity contribution is 5.66. The minimum atomic E-state index is -0.209. The Labute approximate surface area is 106 Å². The molecule has 92 valence electrons. The second kappa shape index (κ2) is 4.33. The zero-order valence-corrected chi connectivity index (χ0v) is 10.3. The molecule has 3 nitrogen and oxygen atoms in total. The fourth-order valence-electron chi connectivity index (χ4n) is 2.66. The Bertz CT molecular complexity index is 572. The van der Waals surface area contributed by atoms with Crippen LogP contribution in [0, 0.1) is 0 Å². The van der Waals surface area contributed by atoms with Crippen molar-refractivity contribution in [2.45, 2.75) is 25.9 Å². The number of esters is 1. The molecule has 2 aromatic rings. The summed E-state index contributed by atoms with van der Waals surface area (Å²) in [6.07, 6.45) is 5.84. The molecule has 1 atom stereocenters. The summed E-state index contributed by atoms with van der Waals surface area (Å²) < 4.78 is 7.47. The Balaban J connectivity index is 2.02. The van der Waals surface area contributed by atoms with Gasteiger partial charge in [-0.3, -0.25) is 4.79 Å². The molecule has 18 heavy (non-hydrogen) atoms. The minimum absolute atomic E-state index is 0.0759. The summed E-state index contributed by atoms with van der Waals surface area (Å²) in [5, 5.41) is 0. The molecule has 1 aliphatic rings. The van der Waals surface area contributed by atoms with E-state index in [0.717, 1.165) is 18.4 Å². The second-order valence-electron chi connectivity index (χ2n) is 4.57. The molecular formula is C15H15NO2. The molecule has 0 fully saturated rings. The average Bonchev–Trinajstić information content (AvgIpc) is 2.98. The first-order chi connectivity index (χ1) is 8.75. The Kier molecular flexibility index (Phi) is 2.67. The maximum atomic E-state index is 11.1. The van der Waals surface area contributed by atoms with Gasteiger partial charge in [-0.2, -0.15) is 0 Å². The van der Waals surface area contributed by atoms with Crippen LogP contribution in [-0.4, -0.2) is 10.5 Å². The van der Waals surface area contributed by atoms with Crippen molar-refractivity contribution < 1.29 is 9.53 Å². The van der Waals surface area contributed by atoms with E-state index in [2.05, 4.69) is 16.7 Å². The van der Waals surface area contributed by atoms with Gasteiger partial charge >= 0.3 is 5.97 Å². The van der Waals surface area contributed by atoms with Crippen LogP contribution in [0.15, 0.2) is 42.7 Å². The summed E-state index contributed by atoms with van der Waals surface area (Å²) in [6.45, 7) is 1.47. The van der Waals surface area contributed by atoms with E-state index in [4.69, 9.17) is 4.74 Å². The summed E-state index contributed by atoms with van der Waals surface area (Å²) in [7, 11) is 0. The Morgan fingerprint density at radius 1 is 1.28 bits per heavy atom. The molecule has 1 aromatic carbocycles. The lowest BCUT2D eigenvalue weighted by Gasteiger charge is -2.13. The molecule has 3 heteroatoms. The smallest absolute Gasteiger partial charge is 0.303 e. The van der Waals surface area contributed by atoms with Gasteiger partial charge in [-0.15, -0.1) is 0 Å². The molecule has 0 saturated heterocycles. The minimum Gasteiger partial charge on any atom is -0.458 e. The van der Waals surface area contributed by atoms with E-state index in [0.29, 0.717) is 0 Å². The summed E-state index contributed by atoms with van der Waals surface area (Å²) in [6, 6.07) is 10.2. The molecule has 1 heterocycles. The highest BCUT2D eigenvalue weighted by Gasteiger charge is 2.26. The van der Waals surface area contributed by atoms with E-state index in [-0.39, 0.29) is 12.1 Å². The normalized spacial score (nSPS) is 17.5. The summed E-state index contributed by atoms with van der Waals surface area (Å²) in [5.41, 5.74) is 3.63. The number of rotatable bonds is 2. The van der Waals surface area contributed by atoms with Gasteiger partial charge in [0, 0.05) is 25.0 Å². The highest BCUT2D eigenvalue weighted by Crippen LogP contribution is 2.37. The van der Waals surface area contributed by atoms with Crippen molar-refractivity contribution in [3.63, 3.8) is 0 Å². The van der Waals surface area contributed by atoms with Gasteiger partial charge in [0.1, 0.15) is 6.10 Å². The van der Waals surface area contributed by atoms with Gasteiger partial charge in [-0.05, 0) is 42.2 Å². The molecule has 0 radical (unpaired) electrons. The van der Waals surface area contributed by atoms with Crippen molar-refractivity contribution >= 4 is 5.97 Å². The van der Waals surface area contributed by atoms with Gasteiger partial charge in [0.15, 0.2) is 0 Å². The predicted octanol–water partition coefficient (Wildman–Crippen LogP) is 3.03. The number of carbonyl (C=O) groups is 1. The van der Waals surface area contributed by atoms with E-state index in [1.165, 1.54) is 18.2 Å². The molecule has 0 aliphatic heterocycles. The van der Waals surface area contributed by atoms with Crippen LogP contribution >= 0.6 is 0 Å². The molecule has 1 aromatic heterocycles. The number of nitrogens with zero attached hydrogens (tertiary/aromatic N) is 1. The third-order valence-electron chi connectivity index (χ3n) is 3.38. The quantitative estimate of drug-likeness (QED) is 0.757. The van der Waals surface area contributed by atoms with E-state index < -0.39 is 0 Å². The standard InChI is InChI=1S/C15H15NO2/c1-11(17)18-15-8-7-12-13(15)5-4-6-14(12)16-9-2-3-10-16/h2-6,9-10,15H,7-8H2,1H3. The third kappa shape index (κ3) is 1.82. The van der Waals surface area contributed by atoms with Crippen LogP contribution in [-0.2, 0) is 16.0 Å². The molecule has 0 saturated carbocycles. The number of carbonyl (C=O) groups excluding carboxylic acids is 1. The van der Waals surface area contributed by atoms with Gasteiger partial charge in [-0.25, -0.2) is 0 Å². The van der Waals surface area contributed by atoms with E-state index in [1.807, 2.05) is 30.6 Å². The first-order valence-electron chi connectivity index (χ1n) is 6.18. The van der Waals surface area contributed by atoms with Crippen LogP contribution in [0.2, 0.25) is 0 Å². The topological polar surface area (TPSA) is 31.2 Å². The van der Waals surface area contributed by atoms with Crippen molar-refractivity contribution in [3.8, 4) is 5.69 Å². The maximum absolute atomic E-state index is 11.1. The molecule has 0 spiro atoms. The largest absolute Gasteiger partial charge is 0.458 e. The number of ether oxygens (including phenoxy) is 1. The monoisotopic (exact) mass is 241 g/mol. The second-order valence-corrected chi connectivity index (χ2v) is 4.57. The lowest BCUT2D eigenvalue weighted by molar-refractivity contribution is -0.146. The molecular weight excluding hydrogens is 226 g/mol. The van der Waals surface area contributed by atoms with Crippen LogP contribution in [0.1, 0.15) is 30.6 Å². The fraction of sp³-hybridized carbons (Fsp3) is 0.267. The first kappa shape index (κ1) is 11.1. The van der Waals surface area contributed by atoms with E-state index in [9.17, 15) is 4.79 Å². The summed E-state index contributed by atoms with van der Waals surface area (Å²) >= 11 is 0. The van der Waals surface area contributed by atoms with Crippen LogP contribution in [0.5, 0.6) is 0 Å². The molecule has 3 rings (SSSR count). The van der Waals surface area contributed by atoms with Gasteiger partial charge < -0.3 is 9.30 Å². The number of benzene rings is 1. The molecule has 1 unspecified atom stereocenters. The molecule has 0 amide bonds. The van der Waals surface area contributed by atoms with E-state index >= 15 is 0 Å². The van der Waals surface area contributed by atoms with Crippen LogP contribution in [0.3, 0.4) is 0 Å². The Morgan fingerprint density at radius 3 is 2.78 bits per heavy atom. The average molecular weight is 241 g/mol. The molecule has 1 aliphatic carbocycles. The van der Waals surface area contributed by atoms with Crippen LogP contribution in [0.4, 0.5) is 0 Å². The highest BCUT2D eigenvalue weighted by atomic mass is 16.5. The van der Waals surface area contributed by atoms with Gasteiger partial charge in [0.2, 0.25) is 0 Å². The van der Waals surface area contributed by atoms with Crippen LogP contribution < -0.4 is 0 Å². The Morgan fingerprint density at radius 2 is 2.06 bits per heavy atom. The van der Waals surface area contributed by atoms with Crippen molar-refractivity contribution in [3.05, 3.63) is 53.9 Å². The summed E-state index contributed by atoms with van der Waals surface area (Å²) in [4.78, 5) is 11.1. The first-order valence-corrected chi connectivity index (χ1v) is 6.18. The van der Waals surface area contributed by atoms with Gasteiger partial charge in [0.25, 0.3) is 0 Å². The molecule has 0 N–H and O–H groups in total. The van der Waals surface area contributed by atoms with E-state index in [1.54, 1.807) is 0 Å². The lowest BCUT2D eigenvalue weighted by atomic mass is 10.1. The van der Waals surface area contributed by atoms with Crippen LogP contribution in [0.25, 0.3) is 5.69 Å². The van der Waals surface area contributed by atoms with Crippen molar-refractivity contribution in [1.82, 2.24) is 4.57 Å². The zero-order valence-electron chi connectivity index (χ0n) is 10.3. The maximum Gasteiger partial charge on any atom is 0.303 e. The third-order valence-corrected chi connectivity index (χ3v) is 3.38. The fourth-order valence-corrected chi connectivity index (χ4v) is 2.66. The predicted molar refractivity (Wildman–Crippen MR) is 68.6 cm³/mol. The number of hydrogen-bond donors (Lipinski definition) is 0. The van der Waals surface area contributed by atoms with Crippen molar-refractivity contribution in [2.75, 3.05) is 0 Å². The Hall–Kier alpha value is -2.03. The summed E-state index contributed by atoms with van der Waals surface area (Å²) in [5.74, 6) is -0.209. The molecule has 0 bridgehead atoms. The van der Waals surface area contributed by atoms with Crippen molar-refractivity contribution in [1.29, 1.82) is 0 Å². The van der Waals surface area contributed by atoms with Gasteiger partial charge in [0.05, 0.1) is 0 Å². The number of fused-ring (bicyclic) bond motifs is 1. The lowest BCUT2D eigenvalue weighted by Crippen LogP contribution is -2.05. The SMILES string of the molecule is CC(=O)OC1CCc2c1cccc2-n1cccc1. The van der Waals surface area contributed by atoms with Crippen molar-refractivity contribution in [2.24, 2.45) is 0 Å². The zero-order chi connectivity index (χ0) is 12.5. The van der Waals surface area contributed by atoms with Gasteiger partial charge in [-0.1, -0.05) is 12.1 Å². The number of aromatic nitrogens is 1. The number of hydrogen-bond acceptors (Lipinski definition) is 2.